The molecule has 2 heteroatoms. The van der Waals surface area contributed by atoms with Crippen LogP contribution in [0.25, 0.3) is 6.08 Å². The second-order valence-electron chi connectivity index (χ2n) is 2.38. The van der Waals surface area contributed by atoms with Crippen LogP contribution in [0, 0.1) is 0 Å². The molecule has 1 rings (SSSR count). The molecule has 0 bridgehead atoms. The van der Waals surface area contributed by atoms with Gasteiger partial charge in [-0.2, -0.15) is 0 Å². The van der Waals surface area contributed by atoms with E-state index in [0.29, 0.717) is 5.56 Å². The van der Waals surface area contributed by atoms with E-state index in [2.05, 4.69) is 6.58 Å². The summed E-state index contributed by atoms with van der Waals surface area (Å²) in [6, 6.07) is 7.18. The first-order chi connectivity index (χ1) is 5.77. The number of benzene rings is 1. The lowest BCUT2D eigenvalue weighted by Gasteiger charge is -1.96. The molecule has 0 aromatic heterocycles. The van der Waals surface area contributed by atoms with Crippen molar-refractivity contribution in [2.45, 2.75) is 0 Å². The molecule has 0 aliphatic heterocycles. The first-order valence-electron chi connectivity index (χ1n) is 3.59. The van der Waals surface area contributed by atoms with E-state index < -0.39 is 0 Å². The van der Waals surface area contributed by atoms with Crippen molar-refractivity contribution >= 4 is 23.5 Å². The summed E-state index contributed by atoms with van der Waals surface area (Å²) < 4.78 is 0. The van der Waals surface area contributed by atoms with E-state index in [4.69, 9.17) is 11.6 Å². The standard InChI is InChI=1S/C10H9ClO/c1-2-8-3-5-9(6-4-8)10(12)7-11/h2-6H,1,7H2. The monoisotopic (exact) mass is 180 g/mol. The summed E-state index contributed by atoms with van der Waals surface area (Å²) in [6.07, 6.45) is 1.73. The lowest BCUT2D eigenvalue weighted by atomic mass is 10.1. The van der Waals surface area contributed by atoms with Gasteiger partial charge >= 0.3 is 0 Å². The molecule has 0 saturated carbocycles. The zero-order valence-electron chi connectivity index (χ0n) is 6.59. The van der Waals surface area contributed by atoms with Crippen molar-refractivity contribution in [1.82, 2.24) is 0 Å². The van der Waals surface area contributed by atoms with E-state index >= 15 is 0 Å². The van der Waals surface area contributed by atoms with Crippen LogP contribution in [0.2, 0.25) is 0 Å². The van der Waals surface area contributed by atoms with E-state index in [1.807, 2.05) is 12.1 Å². The van der Waals surface area contributed by atoms with Gasteiger partial charge in [0.1, 0.15) is 0 Å². The van der Waals surface area contributed by atoms with Gasteiger partial charge in [-0.05, 0) is 5.56 Å². The lowest BCUT2D eigenvalue weighted by molar-refractivity contribution is 0.102. The minimum atomic E-state index is -0.0488. The van der Waals surface area contributed by atoms with E-state index in [-0.39, 0.29) is 11.7 Å². The molecule has 0 N–H and O–H groups in total. The minimum absolute atomic E-state index is 0.0352. The predicted octanol–water partition coefficient (Wildman–Crippen LogP) is 2.75. The number of hydrogen-bond acceptors (Lipinski definition) is 1. The number of halogens is 1. The van der Waals surface area contributed by atoms with Crippen LogP contribution in [0.5, 0.6) is 0 Å². The number of carbonyl (C=O) groups is 1. The average molecular weight is 181 g/mol. The molecule has 0 aliphatic rings. The third-order valence-electron chi connectivity index (χ3n) is 1.59. The Balaban J connectivity index is 2.91. The molecule has 0 heterocycles. The van der Waals surface area contributed by atoms with Gasteiger partial charge in [0, 0.05) is 5.56 Å². The fraction of sp³-hybridized carbons (Fsp3) is 0.100. The Morgan fingerprint density at radius 2 is 2.00 bits per heavy atom. The predicted molar refractivity (Wildman–Crippen MR) is 51.6 cm³/mol. The average Bonchev–Trinajstić information content (AvgIpc) is 2.17. The highest BCUT2D eigenvalue weighted by Gasteiger charge is 2.01. The molecule has 0 aliphatic carbocycles. The third-order valence-corrected chi connectivity index (χ3v) is 1.83. The van der Waals surface area contributed by atoms with Gasteiger partial charge < -0.3 is 0 Å². The van der Waals surface area contributed by atoms with Gasteiger partial charge in [0.25, 0.3) is 0 Å². The third kappa shape index (κ3) is 1.95. The molecule has 0 saturated heterocycles. The van der Waals surface area contributed by atoms with E-state index in [9.17, 15) is 4.79 Å². The van der Waals surface area contributed by atoms with Crippen molar-refractivity contribution in [2.75, 3.05) is 5.88 Å². The Labute approximate surface area is 76.7 Å². The second-order valence-corrected chi connectivity index (χ2v) is 2.65. The first kappa shape index (κ1) is 9.01. The molecular formula is C10H9ClO. The van der Waals surface area contributed by atoms with Crippen LogP contribution in [0.4, 0.5) is 0 Å². The SMILES string of the molecule is C=Cc1ccc(C(=O)CCl)cc1. The highest BCUT2D eigenvalue weighted by atomic mass is 35.5. The number of alkyl halides is 1. The molecule has 12 heavy (non-hydrogen) atoms. The normalized spacial score (nSPS) is 9.42. The molecule has 1 aromatic rings. The summed E-state index contributed by atoms with van der Waals surface area (Å²) in [5.74, 6) is -0.0137. The first-order valence-corrected chi connectivity index (χ1v) is 4.13. The van der Waals surface area contributed by atoms with Crippen LogP contribution in [0.15, 0.2) is 30.8 Å². The molecule has 1 aromatic carbocycles. The topological polar surface area (TPSA) is 17.1 Å². The van der Waals surface area contributed by atoms with Crippen molar-refractivity contribution < 1.29 is 4.79 Å². The summed E-state index contributed by atoms with van der Waals surface area (Å²) in [5.41, 5.74) is 1.65. The maximum Gasteiger partial charge on any atom is 0.177 e. The van der Waals surface area contributed by atoms with Gasteiger partial charge in [0.05, 0.1) is 5.88 Å². The van der Waals surface area contributed by atoms with E-state index in [0.717, 1.165) is 5.56 Å². The van der Waals surface area contributed by atoms with Gasteiger partial charge in [-0.1, -0.05) is 36.9 Å². The second kappa shape index (κ2) is 4.07. The smallest absolute Gasteiger partial charge is 0.177 e. The number of carbonyl (C=O) groups excluding carboxylic acids is 1. The summed E-state index contributed by atoms with van der Waals surface area (Å²) in [4.78, 5) is 11.1. The largest absolute Gasteiger partial charge is 0.293 e. The van der Waals surface area contributed by atoms with Crippen LogP contribution in [0.3, 0.4) is 0 Å². The van der Waals surface area contributed by atoms with E-state index in [1.165, 1.54) is 0 Å². The summed E-state index contributed by atoms with van der Waals surface area (Å²) in [6.45, 7) is 3.61. The van der Waals surface area contributed by atoms with Crippen molar-refractivity contribution in [3.63, 3.8) is 0 Å². The number of rotatable bonds is 3. The summed E-state index contributed by atoms with van der Waals surface area (Å²) >= 11 is 5.39. The molecular weight excluding hydrogens is 172 g/mol. The van der Waals surface area contributed by atoms with Crippen molar-refractivity contribution in [2.24, 2.45) is 0 Å². The highest BCUT2D eigenvalue weighted by molar-refractivity contribution is 6.30. The maximum absolute atomic E-state index is 11.1. The number of Topliss-reactive ketones (excluding diaryl/α,β-unsaturated/α-hetero) is 1. The van der Waals surface area contributed by atoms with Crippen LogP contribution in [-0.4, -0.2) is 11.7 Å². The van der Waals surface area contributed by atoms with Crippen molar-refractivity contribution in [3.8, 4) is 0 Å². The summed E-state index contributed by atoms with van der Waals surface area (Å²) in [7, 11) is 0. The summed E-state index contributed by atoms with van der Waals surface area (Å²) in [5, 5.41) is 0. The van der Waals surface area contributed by atoms with Crippen LogP contribution in [-0.2, 0) is 0 Å². The molecule has 1 nitrogen and oxygen atoms in total. The Kier molecular flexibility index (Phi) is 3.06. The van der Waals surface area contributed by atoms with Gasteiger partial charge in [-0.25, -0.2) is 0 Å². The van der Waals surface area contributed by atoms with Crippen molar-refractivity contribution in [3.05, 3.63) is 42.0 Å². The van der Waals surface area contributed by atoms with Gasteiger partial charge in [0.15, 0.2) is 5.78 Å². The number of ketones is 1. The fourth-order valence-corrected chi connectivity index (χ4v) is 1.04. The molecule has 62 valence electrons. The van der Waals surface area contributed by atoms with Crippen LogP contribution < -0.4 is 0 Å². The fourth-order valence-electron chi connectivity index (χ4n) is 0.882. The zero-order valence-corrected chi connectivity index (χ0v) is 7.34. The highest BCUT2D eigenvalue weighted by Crippen LogP contribution is 2.06. The molecule has 0 unspecified atom stereocenters. The van der Waals surface area contributed by atoms with Crippen LogP contribution in [0.1, 0.15) is 15.9 Å². The minimum Gasteiger partial charge on any atom is -0.293 e. The Morgan fingerprint density at radius 3 is 2.42 bits per heavy atom. The Hall–Kier alpha value is -1.08. The van der Waals surface area contributed by atoms with Gasteiger partial charge in [0.2, 0.25) is 0 Å². The Bertz CT molecular complexity index is 287. The maximum atomic E-state index is 11.1. The van der Waals surface area contributed by atoms with Crippen LogP contribution >= 0.6 is 11.6 Å². The number of hydrogen-bond donors (Lipinski definition) is 0. The lowest BCUT2D eigenvalue weighted by Crippen LogP contribution is -1.99. The molecule has 0 fully saturated rings. The molecule has 0 atom stereocenters. The van der Waals surface area contributed by atoms with Gasteiger partial charge in [-0.15, -0.1) is 11.6 Å². The zero-order chi connectivity index (χ0) is 8.97. The molecule has 0 amide bonds. The van der Waals surface area contributed by atoms with Gasteiger partial charge in [-0.3, -0.25) is 4.79 Å². The molecule has 0 spiro atoms. The molecule has 0 radical (unpaired) electrons. The quantitative estimate of drug-likeness (QED) is 0.517. The van der Waals surface area contributed by atoms with Crippen molar-refractivity contribution in [1.29, 1.82) is 0 Å². The Morgan fingerprint density at radius 1 is 1.42 bits per heavy atom. The van der Waals surface area contributed by atoms with E-state index in [1.54, 1.807) is 18.2 Å².